The number of benzene rings is 1. The van der Waals surface area contributed by atoms with Crippen LogP contribution in [0.1, 0.15) is 18.1 Å². The first-order chi connectivity index (χ1) is 9.29. The number of rotatable bonds is 5. The van der Waals surface area contributed by atoms with Crippen molar-refractivity contribution in [2.45, 2.75) is 19.5 Å². The third kappa shape index (κ3) is 5.73. The second-order valence-electron chi connectivity index (χ2n) is 4.21. The zero-order valence-electron chi connectivity index (χ0n) is 10.9. The maximum atomic E-state index is 12.5. The lowest BCUT2D eigenvalue weighted by Gasteiger charge is -2.09. The van der Waals surface area contributed by atoms with Crippen LogP contribution in [0.15, 0.2) is 24.3 Å². The molecule has 7 heteroatoms. The highest BCUT2D eigenvalue weighted by Crippen LogP contribution is 2.29. The molecule has 0 aliphatic carbocycles. The molecule has 2 N–H and O–H groups in total. The molecule has 4 nitrogen and oxygen atoms in total. The normalized spacial score (nSPS) is 11.0. The number of hydrogen-bond donors (Lipinski definition) is 2. The van der Waals surface area contributed by atoms with E-state index in [9.17, 15) is 22.8 Å². The number of nitrogens with one attached hydrogen (secondary N) is 2. The molecule has 1 rings (SSSR count). The molecule has 1 aromatic rings. The van der Waals surface area contributed by atoms with E-state index in [1.807, 2.05) is 0 Å². The lowest BCUT2D eigenvalue weighted by atomic mass is 10.1. The zero-order valence-corrected chi connectivity index (χ0v) is 10.9. The Bertz CT molecular complexity index is 487. The summed E-state index contributed by atoms with van der Waals surface area (Å²) in [7, 11) is 0. The van der Waals surface area contributed by atoms with Crippen LogP contribution < -0.4 is 10.6 Å². The first-order valence-electron chi connectivity index (χ1n) is 5.96. The highest BCUT2D eigenvalue weighted by atomic mass is 19.4. The van der Waals surface area contributed by atoms with E-state index in [2.05, 4.69) is 10.6 Å². The lowest BCUT2D eigenvalue weighted by Crippen LogP contribution is -2.34. The minimum absolute atomic E-state index is 0.135. The Labute approximate surface area is 114 Å². The van der Waals surface area contributed by atoms with E-state index in [4.69, 9.17) is 0 Å². The fourth-order valence-electron chi connectivity index (χ4n) is 1.55. The summed E-state index contributed by atoms with van der Waals surface area (Å²) in [5.41, 5.74) is -0.488. The Morgan fingerprint density at radius 3 is 2.40 bits per heavy atom. The van der Waals surface area contributed by atoms with Crippen LogP contribution in [-0.2, 0) is 22.2 Å². The van der Waals surface area contributed by atoms with Gasteiger partial charge in [-0.05, 0) is 11.6 Å². The van der Waals surface area contributed by atoms with Crippen molar-refractivity contribution in [1.29, 1.82) is 0 Å². The second kappa shape index (κ2) is 6.93. The largest absolute Gasteiger partial charge is 0.416 e. The Kier molecular flexibility index (Phi) is 5.54. The van der Waals surface area contributed by atoms with Crippen LogP contribution in [0.3, 0.4) is 0 Å². The van der Waals surface area contributed by atoms with Crippen molar-refractivity contribution in [3.8, 4) is 0 Å². The molecule has 0 unspecified atom stereocenters. The predicted molar refractivity (Wildman–Crippen MR) is 66.8 cm³/mol. The van der Waals surface area contributed by atoms with Crippen LogP contribution in [0.5, 0.6) is 0 Å². The van der Waals surface area contributed by atoms with Gasteiger partial charge in [-0.2, -0.15) is 13.2 Å². The summed E-state index contributed by atoms with van der Waals surface area (Å²) in [6.45, 7) is 1.87. The fourth-order valence-corrected chi connectivity index (χ4v) is 1.55. The quantitative estimate of drug-likeness (QED) is 0.807. The van der Waals surface area contributed by atoms with Crippen LogP contribution in [0, 0.1) is 0 Å². The zero-order chi connectivity index (χ0) is 15.2. The maximum absolute atomic E-state index is 12.5. The lowest BCUT2D eigenvalue weighted by molar-refractivity contribution is -0.137. The summed E-state index contributed by atoms with van der Waals surface area (Å²) in [5.74, 6) is -0.605. The SMILES string of the molecule is CC(=O)NCCNC(=O)Cc1cccc(C(F)(F)F)c1. The third-order valence-corrected chi connectivity index (χ3v) is 2.44. The van der Waals surface area contributed by atoms with Crippen LogP contribution in [0.4, 0.5) is 13.2 Å². The van der Waals surface area contributed by atoms with Crippen LogP contribution in [0.2, 0.25) is 0 Å². The van der Waals surface area contributed by atoms with Crippen molar-refractivity contribution < 1.29 is 22.8 Å². The van der Waals surface area contributed by atoms with E-state index < -0.39 is 17.6 Å². The first kappa shape index (κ1) is 16.0. The van der Waals surface area contributed by atoms with Crippen molar-refractivity contribution in [3.63, 3.8) is 0 Å². The molecule has 0 aromatic heterocycles. The van der Waals surface area contributed by atoms with Crippen molar-refractivity contribution >= 4 is 11.8 Å². The summed E-state index contributed by atoms with van der Waals surface area (Å²) in [5, 5.41) is 5.00. The van der Waals surface area contributed by atoms with Gasteiger partial charge in [0.25, 0.3) is 0 Å². The molecule has 2 amide bonds. The highest BCUT2D eigenvalue weighted by Gasteiger charge is 2.30. The summed E-state index contributed by atoms with van der Waals surface area (Å²) in [6.07, 6.45) is -4.55. The van der Waals surface area contributed by atoms with Crippen molar-refractivity contribution in [3.05, 3.63) is 35.4 Å². The van der Waals surface area contributed by atoms with Gasteiger partial charge >= 0.3 is 6.18 Å². The number of amides is 2. The molecule has 0 aliphatic heterocycles. The Balaban J connectivity index is 2.48. The Hall–Kier alpha value is -2.05. The topological polar surface area (TPSA) is 58.2 Å². The summed E-state index contributed by atoms with van der Waals surface area (Å²) >= 11 is 0. The minimum atomic E-state index is -4.42. The van der Waals surface area contributed by atoms with Gasteiger partial charge < -0.3 is 10.6 Å². The molecule has 0 heterocycles. The number of hydrogen-bond acceptors (Lipinski definition) is 2. The van der Waals surface area contributed by atoms with E-state index in [1.54, 1.807) is 0 Å². The number of halogens is 3. The molecule has 20 heavy (non-hydrogen) atoms. The van der Waals surface area contributed by atoms with Crippen molar-refractivity contribution in [2.75, 3.05) is 13.1 Å². The molecule has 0 saturated carbocycles. The van der Waals surface area contributed by atoms with E-state index in [1.165, 1.54) is 19.1 Å². The van der Waals surface area contributed by atoms with Crippen LogP contribution >= 0.6 is 0 Å². The summed E-state index contributed by atoms with van der Waals surface area (Å²) < 4.78 is 37.5. The smallest absolute Gasteiger partial charge is 0.355 e. The molecule has 1 aromatic carbocycles. The highest BCUT2D eigenvalue weighted by molar-refractivity contribution is 5.78. The van der Waals surface area contributed by atoms with Gasteiger partial charge in [-0.25, -0.2) is 0 Å². The molecular formula is C13H15F3N2O2. The average Bonchev–Trinajstić information content (AvgIpc) is 2.34. The second-order valence-corrected chi connectivity index (χ2v) is 4.21. The Morgan fingerprint density at radius 1 is 1.15 bits per heavy atom. The molecule has 0 saturated heterocycles. The van der Waals surface area contributed by atoms with Gasteiger partial charge in [-0.3, -0.25) is 9.59 Å². The van der Waals surface area contributed by atoms with Crippen LogP contribution in [0.25, 0.3) is 0 Å². The first-order valence-corrected chi connectivity index (χ1v) is 5.96. The van der Waals surface area contributed by atoms with Crippen molar-refractivity contribution in [1.82, 2.24) is 10.6 Å². The molecule has 0 bridgehead atoms. The van der Waals surface area contributed by atoms with Gasteiger partial charge in [0.15, 0.2) is 0 Å². The van der Waals surface area contributed by atoms with E-state index in [0.717, 1.165) is 12.1 Å². The van der Waals surface area contributed by atoms with Gasteiger partial charge in [-0.1, -0.05) is 18.2 Å². The predicted octanol–water partition coefficient (Wildman–Crippen LogP) is 1.50. The molecule has 0 atom stereocenters. The van der Waals surface area contributed by atoms with Gasteiger partial charge in [-0.15, -0.1) is 0 Å². The summed E-state index contributed by atoms with van der Waals surface area (Å²) in [6, 6.07) is 4.64. The van der Waals surface area contributed by atoms with Crippen LogP contribution in [-0.4, -0.2) is 24.9 Å². The van der Waals surface area contributed by atoms with Gasteiger partial charge in [0.05, 0.1) is 12.0 Å². The minimum Gasteiger partial charge on any atom is -0.355 e. The molecule has 0 aliphatic rings. The van der Waals surface area contributed by atoms with Gasteiger partial charge in [0.2, 0.25) is 11.8 Å². The molecule has 0 radical (unpaired) electrons. The molecule has 0 fully saturated rings. The maximum Gasteiger partial charge on any atom is 0.416 e. The van der Waals surface area contributed by atoms with E-state index in [-0.39, 0.29) is 31.0 Å². The fraction of sp³-hybridized carbons (Fsp3) is 0.385. The Morgan fingerprint density at radius 2 is 1.80 bits per heavy atom. The molecule has 0 spiro atoms. The third-order valence-electron chi connectivity index (χ3n) is 2.44. The number of carbonyl (C=O) groups is 2. The summed E-state index contributed by atoms with van der Waals surface area (Å²) in [4.78, 5) is 22.1. The van der Waals surface area contributed by atoms with Gasteiger partial charge in [0, 0.05) is 20.0 Å². The van der Waals surface area contributed by atoms with E-state index in [0.29, 0.717) is 0 Å². The number of alkyl halides is 3. The van der Waals surface area contributed by atoms with Gasteiger partial charge in [0.1, 0.15) is 0 Å². The molecule has 110 valence electrons. The average molecular weight is 288 g/mol. The monoisotopic (exact) mass is 288 g/mol. The standard InChI is InChI=1S/C13H15F3N2O2/c1-9(19)17-5-6-18-12(20)8-10-3-2-4-11(7-10)13(14,15)16/h2-4,7H,5-6,8H2,1H3,(H,17,19)(H,18,20). The van der Waals surface area contributed by atoms with Crippen molar-refractivity contribution in [2.24, 2.45) is 0 Å². The van der Waals surface area contributed by atoms with E-state index >= 15 is 0 Å². The number of carbonyl (C=O) groups excluding carboxylic acids is 2. The molecular weight excluding hydrogens is 273 g/mol.